The zero-order chi connectivity index (χ0) is 25.1. The Hall–Kier alpha value is -3.83. The highest BCUT2D eigenvalue weighted by molar-refractivity contribution is 6.03. The third-order valence-electron chi connectivity index (χ3n) is 5.84. The van der Waals surface area contributed by atoms with Crippen molar-refractivity contribution in [3.63, 3.8) is 0 Å². The molecule has 2 aromatic rings. The number of phenolic OH excluding ortho intramolecular Hbond substituents is 1. The van der Waals surface area contributed by atoms with E-state index in [-0.39, 0.29) is 45.4 Å². The van der Waals surface area contributed by atoms with Gasteiger partial charge < -0.3 is 34.0 Å². The van der Waals surface area contributed by atoms with Gasteiger partial charge in [0.25, 0.3) is 0 Å². The number of esters is 1. The molecule has 35 heavy (non-hydrogen) atoms. The second kappa shape index (κ2) is 10.2. The molecule has 2 aromatic carbocycles. The summed E-state index contributed by atoms with van der Waals surface area (Å²) < 4.78 is 22.1. The molecule has 2 aliphatic heterocycles. The smallest absolute Gasteiger partial charge is 0.347 e. The Balaban J connectivity index is 1.69. The average molecular weight is 486 g/mol. The lowest BCUT2D eigenvalue weighted by molar-refractivity contribution is 0.0214. The molecule has 0 aliphatic carbocycles. The van der Waals surface area contributed by atoms with Gasteiger partial charge in [0.05, 0.1) is 32.1 Å². The van der Waals surface area contributed by atoms with Crippen LogP contribution >= 0.6 is 0 Å². The Labute approximate surface area is 201 Å². The number of nitrogens with zero attached hydrogens (tertiary/aromatic N) is 2. The fraction of sp³-hybridized carbons (Fsp3) is 0.375. The van der Waals surface area contributed by atoms with Gasteiger partial charge in [-0.15, -0.1) is 0 Å². The zero-order valence-electron chi connectivity index (χ0n) is 19.6. The van der Waals surface area contributed by atoms with Gasteiger partial charge in [0.2, 0.25) is 0 Å². The standard InChI is InChI=1S/C24H26N2O9/c1-13-10-17(27)16(12-25-33-9-6-26-4-7-32-8-5-26)21-19(13)24(30)35-20-14(2)18(31-3)11-15(23(28)29)22(20)34-21/h10-12,27H,4-9H2,1-3H3,(H,28,29)/b25-12+. The van der Waals surface area contributed by atoms with E-state index < -0.39 is 11.9 Å². The Morgan fingerprint density at radius 2 is 1.91 bits per heavy atom. The van der Waals surface area contributed by atoms with Gasteiger partial charge in [-0.1, -0.05) is 5.16 Å². The van der Waals surface area contributed by atoms with E-state index in [0.717, 1.165) is 13.1 Å². The Morgan fingerprint density at radius 1 is 1.17 bits per heavy atom. The molecule has 0 aromatic heterocycles. The molecule has 1 fully saturated rings. The van der Waals surface area contributed by atoms with Crippen LogP contribution in [0.5, 0.6) is 28.7 Å². The number of rotatable bonds is 7. The highest BCUT2D eigenvalue weighted by atomic mass is 16.6. The number of carboxylic acids is 1. The highest BCUT2D eigenvalue weighted by Gasteiger charge is 2.33. The number of ether oxygens (including phenoxy) is 4. The number of methoxy groups -OCH3 is 1. The SMILES string of the molecule is COc1cc(C(=O)O)c2c(c1C)OC(=O)c1c(C)cc(O)c(/C=N/OCCN3CCOCC3)c1O2. The number of carbonyl (C=O) groups is 2. The molecule has 0 amide bonds. The van der Waals surface area contributed by atoms with E-state index in [1.165, 1.54) is 25.5 Å². The molecule has 11 nitrogen and oxygen atoms in total. The summed E-state index contributed by atoms with van der Waals surface area (Å²) >= 11 is 0. The molecule has 186 valence electrons. The maximum Gasteiger partial charge on any atom is 0.347 e. The number of aromatic hydroxyl groups is 1. The van der Waals surface area contributed by atoms with Gasteiger partial charge >= 0.3 is 11.9 Å². The normalized spacial score (nSPS) is 15.6. The first kappa shape index (κ1) is 24.3. The quantitative estimate of drug-likeness (QED) is 0.198. The van der Waals surface area contributed by atoms with Crippen LogP contribution in [0.15, 0.2) is 17.3 Å². The van der Waals surface area contributed by atoms with Crippen molar-refractivity contribution in [1.82, 2.24) is 4.90 Å². The Kier molecular flexibility index (Phi) is 7.08. The summed E-state index contributed by atoms with van der Waals surface area (Å²) in [7, 11) is 1.38. The number of morpholine rings is 1. The average Bonchev–Trinajstić information content (AvgIpc) is 2.98. The number of benzene rings is 2. The maximum atomic E-state index is 13.1. The topological polar surface area (TPSA) is 136 Å². The number of carbonyl (C=O) groups excluding carboxylic acids is 1. The third kappa shape index (κ3) is 4.86. The summed E-state index contributed by atoms with van der Waals surface area (Å²) in [5.74, 6) is -2.43. The molecular weight excluding hydrogens is 460 g/mol. The van der Waals surface area contributed by atoms with Crippen molar-refractivity contribution in [1.29, 1.82) is 0 Å². The lowest BCUT2D eigenvalue weighted by atomic mass is 10.0. The zero-order valence-corrected chi connectivity index (χ0v) is 19.6. The highest BCUT2D eigenvalue weighted by Crippen LogP contribution is 2.48. The Bertz CT molecular complexity index is 1190. The molecule has 0 bridgehead atoms. The fourth-order valence-corrected chi connectivity index (χ4v) is 3.96. The first-order valence-corrected chi connectivity index (χ1v) is 11.0. The van der Waals surface area contributed by atoms with E-state index in [2.05, 4.69) is 10.1 Å². The Morgan fingerprint density at radius 3 is 2.60 bits per heavy atom. The van der Waals surface area contributed by atoms with Crippen molar-refractivity contribution >= 4 is 18.2 Å². The molecule has 11 heteroatoms. The summed E-state index contributed by atoms with van der Waals surface area (Å²) in [6.07, 6.45) is 1.22. The predicted molar refractivity (Wildman–Crippen MR) is 123 cm³/mol. The van der Waals surface area contributed by atoms with E-state index in [1.54, 1.807) is 13.8 Å². The number of hydrogen-bond donors (Lipinski definition) is 2. The van der Waals surface area contributed by atoms with Crippen LogP contribution in [0.4, 0.5) is 0 Å². The number of carboxylic acid groups (broad SMARTS) is 1. The van der Waals surface area contributed by atoms with Gasteiger partial charge in [0.1, 0.15) is 29.2 Å². The molecule has 0 atom stereocenters. The van der Waals surface area contributed by atoms with Crippen LogP contribution in [0.3, 0.4) is 0 Å². The molecule has 1 saturated heterocycles. The summed E-state index contributed by atoms with van der Waals surface area (Å²) in [5.41, 5.74) is 0.572. The minimum atomic E-state index is -1.31. The van der Waals surface area contributed by atoms with Gasteiger partial charge in [-0.25, -0.2) is 9.59 Å². The van der Waals surface area contributed by atoms with E-state index in [4.69, 9.17) is 23.8 Å². The van der Waals surface area contributed by atoms with Crippen molar-refractivity contribution in [2.45, 2.75) is 13.8 Å². The molecule has 0 saturated carbocycles. The lowest BCUT2D eigenvalue weighted by Gasteiger charge is -2.25. The fourth-order valence-electron chi connectivity index (χ4n) is 3.96. The molecule has 2 N–H and O–H groups in total. The lowest BCUT2D eigenvalue weighted by Crippen LogP contribution is -2.38. The van der Waals surface area contributed by atoms with Gasteiger partial charge in [0.15, 0.2) is 17.2 Å². The van der Waals surface area contributed by atoms with Gasteiger partial charge in [-0.2, -0.15) is 0 Å². The van der Waals surface area contributed by atoms with Crippen LogP contribution in [0.1, 0.15) is 37.4 Å². The molecule has 0 unspecified atom stereocenters. The third-order valence-corrected chi connectivity index (χ3v) is 5.84. The second-order valence-corrected chi connectivity index (χ2v) is 8.06. The van der Waals surface area contributed by atoms with E-state index in [9.17, 15) is 19.8 Å². The van der Waals surface area contributed by atoms with E-state index in [1.807, 2.05) is 0 Å². The van der Waals surface area contributed by atoms with Crippen molar-refractivity contribution in [2.75, 3.05) is 46.6 Å². The minimum Gasteiger partial charge on any atom is -0.507 e. The second-order valence-electron chi connectivity index (χ2n) is 8.06. The summed E-state index contributed by atoms with van der Waals surface area (Å²) in [5, 5.41) is 24.3. The van der Waals surface area contributed by atoms with Crippen molar-refractivity contribution in [3.05, 3.63) is 39.9 Å². The van der Waals surface area contributed by atoms with Crippen LogP contribution in [-0.2, 0) is 9.57 Å². The molecule has 4 rings (SSSR count). The van der Waals surface area contributed by atoms with Gasteiger partial charge in [0, 0.05) is 25.2 Å². The van der Waals surface area contributed by atoms with Crippen molar-refractivity contribution in [3.8, 4) is 28.7 Å². The molecule has 2 aliphatic rings. The molecular formula is C24H26N2O9. The monoisotopic (exact) mass is 486 g/mol. The van der Waals surface area contributed by atoms with Gasteiger partial charge in [-0.3, -0.25) is 4.90 Å². The minimum absolute atomic E-state index is 0.0310. The van der Waals surface area contributed by atoms with Crippen molar-refractivity contribution in [2.24, 2.45) is 5.16 Å². The first-order valence-electron chi connectivity index (χ1n) is 11.0. The van der Waals surface area contributed by atoms with E-state index in [0.29, 0.717) is 37.5 Å². The molecule has 0 spiro atoms. The number of hydrogen-bond acceptors (Lipinski definition) is 10. The maximum absolute atomic E-state index is 13.1. The predicted octanol–water partition coefficient (Wildman–Crippen LogP) is 2.72. The van der Waals surface area contributed by atoms with Crippen LogP contribution < -0.4 is 14.2 Å². The number of phenols is 1. The van der Waals surface area contributed by atoms with Crippen molar-refractivity contribution < 1.29 is 43.6 Å². The summed E-state index contributed by atoms with van der Waals surface area (Å²) in [6, 6.07) is 2.66. The van der Waals surface area contributed by atoms with Crippen LogP contribution in [0, 0.1) is 13.8 Å². The van der Waals surface area contributed by atoms with Crippen LogP contribution in [-0.4, -0.2) is 79.8 Å². The van der Waals surface area contributed by atoms with Gasteiger partial charge in [-0.05, 0) is 31.5 Å². The number of aromatic carboxylic acids is 1. The summed E-state index contributed by atoms with van der Waals surface area (Å²) in [6.45, 7) is 7.14. The number of fused-ring (bicyclic) bond motifs is 2. The van der Waals surface area contributed by atoms with Crippen LogP contribution in [0.25, 0.3) is 0 Å². The largest absolute Gasteiger partial charge is 0.507 e. The summed E-state index contributed by atoms with van der Waals surface area (Å²) in [4.78, 5) is 32.6. The first-order chi connectivity index (χ1) is 16.8. The van der Waals surface area contributed by atoms with E-state index >= 15 is 0 Å². The molecule has 0 radical (unpaired) electrons. The van der Waals surface area contributed by atoms with Crippen LogP contribution in [0.2, 0.25) is 0 Å². The molecule has 2 heterocycles. The number of aryl methyl sites for hydroxylation is 1. The number of oxime groups is 1.